The van der Waals surface area contributed by atoms with Crippen molar-refractivity contribution in [3.8, 4) is 0 Å². The van der Waals surface area contributed by atoms with Gasteiger partial charge in [0.05, 0.1) is 6.61 Å². The number of benzene rings is 1. The van der Waals surface area contributed by atoms with Crippen molar-refractivity contribution in [2.45, 2.75) is 33.1 Å². The highest BCUT2D eigenvalue weighted by atomic mass is 16.5. The molecule has 0 aliphatic rings. The molecule has 134 valence electrons. The van der Waals surface area contributed by atoms with Gasteiger partial charge in [0.15, 0.2) is 0 Å². The Balaban J connectivity index is 3.07. The van der Waals surface area contributed by atoms with Gasteiger partial charge >= 0.3 is 5.97 Å². The van der Waals surface area contributed by atoms with Crippen molar-refractivity contribution in [2.24, 2.45) is 0 Å². The Morgan fingerprint density at radius 3 is 2.52 bits per heavy atom. The lowest BCUT2D eigenvalue weighted by atomic mass is 10.0. The number of ether oxygens (including phenoxy) is 1. The normalized spacial score (nSPS) is 10.0. The van der Waals surface area contributed by atoms with Crippen LogP contribution in [0.25, 0.3) is 0 Å². The maximum atomic E-state index is 12.9. The maximum absolute atomic E-state index is 12.9. The number of rotatable bonds is 9. The summed E-state index contributed by atoms with van der Waals surface area (Å²) in [5, 5.41) is 0. The van der Waals surface area contributed by atoms with Crippen molar-refractivity contribution < 1.29 is 19.1 Å². The number of hydrogen-bond donors (Lipinski definition) is 0. The van der Waals surface area contributed by atoms with Gasteiger partial charge in [0.1, 0.15) is 6.42 Å². The summed E-state index contributed by atoms with van der Waals surface area (Å²) in [7, 11) is 0. The smallest absolute Gasteiger partial charge is 0.315 e. The number of carbonyl (C=O) groups excluding carboxylic acids is 3. The van der Waals surface area contributed by atoms with Gasteiger partial charge in [0, 0.05) is 12.1 Å². The largest absolute Gasteiger partial charge is 0.466 e. The number of esters is 1. The number of allylic oxidation sites excluding steroid dienone is 1. The molecule has 0 aliphatic carbocycles. The summed E-state index contributed by atoms with van der Waals surface area (Å²) in [6.45, 7) is 11.3. The van der Waals surface area contributed by atoms with Crippen LogP contribution in [0.1, 0.15) is 42.6 Å². The first-order valence-electron chi connectivity index (χ1n) is 8.24. The van der Waals surface area contributed by atoms with E-state index in [9.17, 15) is 14.4 Å². The number of imide groups is 1. The standard InChI is InChI=1S/C20H25NO4/c1-5-9-16-10-7-8-11-17(16)20(24)21(13-12-15(3)4)18(22)14-19(23)25-6-2/h5,7-8,10-11H,1,3,6,9,12-14H2,2,4H3. The zero-order valence-electron chi connectivity index (χ0n) is 14.9. The molecule has 0 atom stereocenters. The molecule has 0 aliphatic heterocycles. The van der Waals surface area contributed by atoms with E-state index in [4.69, 9.17) is 4.74 Å². The minimum atomic E-state index is -0.639. The molecular weight excluding hydrogens is 318 g/mol. The second-order valence-electron chi connectivity index (χ2n) is 5.69. The second-order valence-corrected chi connectivity index (χ2v) is 5.69. The molecule has 0 bridgehead atoms. The fourth-order valence-corrected chi connectivity index (χ4v) is 2.28. The minimum Gasteiger partial charge on any atom is -0.466 e. The Morgan fingerprint density at radius 2 is 1.92 bits per heavy atom. The van der Waals surface area contributed by atoms with Crippen molar-refractivity contribution in [3.63, 3.8) is 0 Å². The van der Waals surface area contributed by atoms with Crippen molar-refractivity contribution in [2.75, 3.05) is 13.2 Å². The highest BCUT2D eigenvalue weighted by Crippen LogP contribution is 2.15. The van der Waals surface area contributed by atoms with Crippen molar-refractivity contribution in [1.82, 2.24) is 4.90 Å². The summed E-state index contributed by atoms with van der Waals surface area (Å²) >= 11 is 0. The zero-order chi connectivity index (χ0) is 18.8. The van der Waals surface area contributed by atoms with Crippen LogP contribution in [0.3, 0.4) is 0 Å². The van der Waals surface area contributed by atoms with Gasteiger partial charge < -0.3 is 4.74 Å². The molecule has 0 fully saturated rings. The van der Waals surface area contributed by atoms with Crippen LogP contribution in [0.2, 0.25) is 0 Å². The summed E-state index contributed by atoms with van der Waals surface area (Å²) in [6.07, 6.45) is 2.23. The van der Waals surface area contributed by atoms with Gasteiger partial charge in [-0.3, -0.25) is 19.3 Å². The first-order chi connectivity index (χ1) is 11.9. The van der Waals surface area contributed by atoms with E-state index in [2.05, 4.69) is 13.2 Å². The number of hydrogen-bond acceptors (Lipinski definition) is 4. The maximum Gasteiger partial charge on any atom is 0.315 e. The molecule has 0 saturated carbocycles. The van der Waals surface area contributed by atoms with Crippen LogP contribution in [0, 0.1) is 0 Å². The Kier molecular flexibility index (Phi) is 8.33. The van der Waals surface area contributed by atoms with Crippen molar-refractivity contribution in [1.29, 1.82) is 0 Å². The van der Waals surface area contributed by atoms with E-state index in [-0.39, 0.29) is 13.2 Å². The summed E-state index contributed by atoms with van der Waals surface area (Å²) < 4.78 is 4.81. The van der Waals surface area contributed by atoms with Crippen LogP contribution in [0.15, 0.2) is 49.1 Å². The molecule has 0 aromatic heterocycles. The van der Waals surface area contributed by atoms with E-state index in [1.807, 2.05) is 19.1 Å². The van der Waals surface area contributed by atoms with E-state index in [0.717, 1.165) is 16.0 Å². The van der Waals surface area contributed by atoms with E-state index >= 15 is 0 Å². The molecule has 2 amide bonds. The topological polar surface area (TPSA) is 63.7 Å². The number of carbonyl (C=O) groups is 3. The molecule has 5 heteroatoms. The summed E-state index contributed by atoms with van der Waals surface area (Å²) in [4.78, 5) is 38.1. The van der Waals surface area contributed by atoms with Gasteiger partial charge in [-0.25, -0.2) is 0 Å². The first kappa shape index (κ1) is 20.4. The Bertz CT molecular complexity index is 663. The Labute approximate surface area is 149 Å². The number of amides is 2. The van der Waals surface area contributed by atoms with Crippen LogP contribution in [-0.2, 0) is 20.7 Å². The molecule has 1 aromatic carbocycles. The fraction of sp³-hybridized carbons (Fsp3) is 0.350. The molecule has 5 nitrogen and oxygen atoms in total. The average molecular weight is 343 g/mol. The van der Waals surface area contributed by atoms with Gasteiger partial charge in [0.25, 0.3) is 5.91 Å². The molecule has 0 heterocycles. The van der Waals surface area contributed by atoms with Gasteiger partial charge in [-0.2, -0.15) is 0 Å². The fourth-order valence-electron chi connectivity index (χ4n) is 2.28. The molecule has 0 N–H and O–H groups in total. The third-order valence-corrected chi connectivity index (χ3v) is 3.52. The van der Waals surface area contributed by atoms with Crippen LogP contribution >= 0.6 is 0 Å². The SMILES string of the molecule is C=CCc1ccccc1C(=O)N(CCC(=C)C)C(=O)CC(=O)OCC. The van der Waals surface area contributed by atoms with Crippen LogP contribution in [0.5, 0.6) is 0 Å². The summed E-state index contributed by atoms with van der Waals surface area (Å²) in [6, 6.07) is 7.06. The molecule has 0 unspecified atom stereocenters. The predicted octanol–water partition coefficient (Wildman–Crippen LogP) is 3.30. The lowest BCUT2D eigenvalue weighted by Gasteiger charge is -2.22. The monoisotopic (exact) mass is 343 g/mol. The van der Waals surface area contributed by atoms with E-state index in [1.54, 1.807) is 25.1 Å². The highest BCUT2D eigenvalue weighted by Gasteiger charge is 2.26. The summed E-state index contributed by atoms with van der Waals surface area (Å²) in [5.41, 5.74) is 2.06. The van der Waals surface area contributed by atoms with Crippen molar-refractivity contribution in [3.05, 3.63) is 60.2 Å². The third kappa shape index (κ3) is 6.37. The van der Waals surface area contributed by atoms with Crippen molar-refractivity contribution >= 4 is 17.8 Å². The Morgan fingerprint density at radius 1 is 1.24 bits per heavy atom. The Hall–Kier alpha value is -2.69. The van der Waals surface area contributed by atoms with Crippen LogP contribution < -0.4 is 0 Å². The molecule has 0 radical (unpaired) electrons. The predicted molar refractivity (Wildman–Crippen MR) is 97.1 cm³/mol. The van der Waals surface area contributed by atoms with Crippen LogP contribution in [-0.4, -0.2) is 35.8 Å². The molecule has 0 saturated heterocycles. The average Bonchev–Trinajstić information content (AvgIpc) is 2.55. The van der Waals surface area contributed by atoms with Gasteiger partial charge in [-0.15, -0.1) is 13.2 Å². The molecular formula is C20H25NO4. The van der Waals surface area contributed by atoms with Gasteiger partial charge in [-0.05, 0) is 38.3 Å². The van der Waals surface area contributed by atoms with Gasteiger partial charge in [0.2, 0.25) is 5.91 Å². The molecule has 25 heavy (non-hydrogen) atoms. The van der Waals surface area contributed by atoms with E-state index < -0.39 is 24.2 Å². The highest BCUT2D eigenvalue weighted by molar-refractivity contribution is 6.09. The molecule has 0 spiro atoms. The lowest BCUT2D eigenvalue weighted by molar-refractivity contribution is -0.147. The molecule has 1 rings (SSSR count). The second kappa shape index (κ2) is 10.2. The quantitative estimate of drug-likeness (QED) is 0.392. The van der Waals surface area contributed by atoms with Crippen LogP contribution in [0.4, 0.5) is 0 Å². The first-order valence-corrected chi connectivity index (χ1v) is 8.24. The summed E-state index contributed by atoms with van der Waals surface area (Å²) in [5.74, 6) is -1.63. The van der Waals surface area contributed by atoms with E-state index in [0.29, 0.717) is 18.4 Å². The van der Waals surface area contributed by atoms with E-state index in [1.165, 1.54) is 0 Å². The third-order valence-electron chi connectivity index (χ3n) is 3.52. The number of nitrogens with zero attached hydrogens (tertiary/aromatic N) is 1. The minimum absolute atomic E-state index is 0.175. The zero-order valence-corrected chi connectivity index (χ0v) is 14.9. The lowest BCUT2D eigenvalue weighted by Crippen LogP contribution is -2.39. The van der Waals surface area contributed by atoms with Gasteiger partial charge in [-0.1, -0.05) is 29.8 Å². The molecule has 1 aromatic rings.